The standard InChI is InChI=1S/C20H16ClN9O2/c1-29-17(11-31-18-7-6-15(21)8-22-18)16(9-24-29)20-25-19(26-32-20)14-4-2-13(3-5-14)10-30-12-23-27-28-30/h2-9,12H,10-11H2,1H3. The van der Waals surface area contributed by atoms with Crippen LogP contribution in [0.15, 0.2) is 59.6 Å². The van der Waals surface area contributed by atoms with E-state index in [1.54, 1.807) is 34.0 Å². The second kappa shape index (κ2) is 8.55. The molecule has 0 unspecified atom stereocenters. The number of ether oxygens (including phenoxy) is 1. The number of rotatable bonds is 7. The Labute approximate surface area is 186 Å². The fourth-order valence-corrected chi connectivity index (χ4v) is 3.16. The summed E-state index contributed by atoms with van der Waals surface area (Å²) in [6.07, 6.45) is 4.76. The van der Waals surface area contributed by atoms with Gasteiger partial charge in [-0.3, -0.25) is 4.68 Å². The number of nitrogens with zero attached hydrogens (tertiary/aromatic N) is 9. The molecule has 0 fully saturated rings. The number of benzene rings is 1. The lowest BCUT2D eigenvalue weighted by Crippen LogP contribution is -2.05. The van der Waals surface area contributed by atoms with Crippen LogP contribution in [0.4, 0.5) is 0 Å². The minimum absolute atomic E-state index is 0.226. The maximum atomic E-state index is 5.87. The van der Waals surface area contributed by atoms with Gasteiger partial charge < -0.3 is 9.26 Å². The van der Waals surface area contributed by atoms with Crippen LogP contribution in [0, 0.1) is 0 Å². The van der Waals surface area contributed by atoms with E-state index in [4.69, 9.17) is 20.9 Å². The molecule has 0 aliphatic rings. The first-order valence-electron chi connectivity index (χ1n) is 9.55. The molecule has 4 heterocycles. The predicted molar refractivity (Wildman–Crippen MR) is 112 cm³/mol. The molecular formula is C20H16ClN9O2. The van der Waals surface area contributed by atoms with E-state index in [0.717, 1.165) is 16.8 Å². The van der Waals surface area contributed by atoms with Crippen LogP contribution in [0.3, 0.4) is 0 Å². The highest BCUT2D eigenvalue weighted by molar-refractivity contribution is 6.30. The van der Waals surface area contributed by atoms with Crippen molar-refractivity contribution in [3.05, 3.63) is 71.4 Å². The van der Waals surface area contributed by atoms with Crippen LogP contribution in [-0.4, -0.2) is 45.1 Å². The lowest BCUT2D eigenvalue weighted by Gasteiger charge is -2.06. The van der Waals surface area contributed by atoms with E-state index in [1.807, 2.05) is 31.3 Å². The number of pyridine rings is 1. The summed E-state index contributed by atoms with van der Waals surface area (Å²) in [5.74, 6) is 1.28. The molecule has 0 bridgehead atoms. The topological polar surface area (TPSA) is 122 Å². The normalized spacial score (nSPS) is 11.1. The van der Waals surface area contributed by atoms with Crippen LogP contribution in [0.25, 0.3) is 22.8 Å². The Morgan fingerprint density at radius 2 is 1.97 bits per heavy atom. The first kappa shape index (κ1) is 19.8. The highest BCUT2D eigenvalue weighted by Gasteiger charge is 2.18. The third-order valence-electron chi connectivity index (χ3n) is 4.72. The van der Waals surface area contributed by atoms with E-state index < -0.39 is 0 Å². The van der Waals surface area contributed by atoms with Crippen molar-refractivity contribution < 1.29 is 9.26 Å². The number of tetrazole rings is 1. The van der Waals surface area contributed by atoms with Crippen LogP contribution in [-0.2, 0) is 20.2 Å². The average Bonchev–Trinajstić information content (AvgIpc) is 3.56. The van der Waals surface area contributed by atoms with Gasteiger partial charge >= 0.3 is 0 Å². The molecule has 0 aliphatic carbocycles. The molecule has 32 heavy (non-hydrogen) atoms. The Bertz CT molecular complexity index is 1310. The minimum atomic E-state index is 0.226. The molecule has 0 N–H and O–H groups in total. The lowest BCUT2D eigenvalue weighted by atomic mass is 10.1. The smallest absolute Gasteiger partial charge is 0.261 e. The van der Waals surface area contributed by atoms with E-state index in [1.165, 1.54) is 6.20 Å². The molecule has 12 heteroatoms. The second-order valence-corrected chi connectivity index (χ2v) is 7.30. The van der Waals surface area contributed by atoms with Crippen LogP contribution in [0.1, 0.15) is 11.3 Å². The summed E-state index contributed by atoms with van der Waals surface area (Å²) in [6, 6.07) is 11.2. The van der Waals surface area contributed by atoms with Gasteiger partial charge in [0.15, 0.2) is 0 Å². The zero-order valence-corrected chi connectivity index (χ0v) is 17.6. The number of hydrogen-bond donors (Lipinski definition) is 0. The number of hydrogen-bond acceptors (Lipinski definition) is 9. The molecule has 5 rings (SSSR count). The second-order valence-electron chi connectivity index (χ2n) is 6.86. The van der Waals surface area contributed by atoms with Gasteiger partial charge in [-0.25, -0.2) is 9.67 Å². The van der Waals surface area contributed by atoms with Crippen LogP contribution in [0.2, 0.25) is 5.02 Å². The third-order valence-corrected chi connectivity index (χ3v) is 4.95. The van der Waals surface area contributed by atoms with E-state index in [2.05, 4.69) is 35.7 Å². The molecule has 0 radical (unpaired) electrons. The number of aromatic nitrogens is 9. The van der Waals surface area contributed by atoms with Crippen molar-refractivity contribution >= 4 is 11.6 Å². The van der Waals surface area contributed by atoms with Crippen LogP contribution < -0.4 is 4.74 Å². The number of aryl methyl sites for hydroxylation is 1. The average molecular weight is 450 g/mol. The fourth-order valence-electron chi connectivity index (χ4n) is 3.05. The van der Waals surface area contributed by atoms with Crippen molar-refractivity contribution in [2.45, 2.75) is 13.2 Å². The van der Waals surface area contributed by atoms with Crippen molar-refractivity contribution in [2.75, 3.05) is 0 Å². The predicted octanol–water partition coefficient (Wildman–Crippen LogP) is 2.80. The largest absolute Gasteiger partial charge is 0.471 e. The maximum Gasteiger partial charge on any atom is 0.261 e. The van der Waals surface area contributed by atoms with Gasteiger partial charge in [0.25, 0.3) is 5.89 Å². The van der Waals surface area contributed by atoms with Gasteiger partial charge in [0.2, 0.25) is 11.7 Å². The van der Waals surface area contributed by atoms with Gasteiger partial charge in [0, 0.05) is 24.9 Å². The van der Waals surface area contributed by atoms with Crippen molar-refractivity contribution in [1.29, 1.82) is 0 Å². The van der Waals surface area contributed by atoms with E-state index in [0.29, 0.717) is 34.7 Å². The van der Waals surface area contributed by atoms with Crippen molar-refractivity contribution in [3.8, 4) is 28.7 Å². The molecule has 11 nitrogen and oxygen atoms in total. The van der Waals surface area contributed by atoms with Crippen molar-refractivity contribution in [3.63, 3.8) is 0 Å². The molecule has 1 aromatic carbocycles. The molecule has 160 valence electrons. The van der Waals surface area contributed by atoms with E-state index >= 15 is 0 Å². The summed E-state index contributed by atoms with van der Waals surface area (Å²) in [6.45, 7) is 0.802. The minimum Gasteiger partial charge on any atom is -0.471 e. The molecule has 0 aliphatic heterocycles. The Morgan fingerprint density at radius 1 is 1.09 bits per heavy atom. The highest BCUT2D eigenvalue weighted by atomic mass is 35.5. The zero-order chi connectivity index (χ0) is 21.9. The number of halogens is 1. The maximum absolute atomic E-state index is 5.87. The summed E-state index contributed by atoms with van der Waals surface area (Å²) in [5, 5.41) is 20.1. The molecule has 0 atom stereocenters. The zero-order valence-electron chi connectivity index (χ0n) is 16.8. The van der Waals surface area contributed by atoms with Gasteiger partial charge in [-0.2, -0.15) is 10.1 Å². The Balaban J connectivity index is 1.33. The summed E-state index contributed by atoms with van der Waals surface area (Å²) in [7, 11) is 1.82. The van der Waals surface area contributed by atoms with Crippen LogP contribution >= 0.6 is 11.6 Å². The summed E-state index contributed by atoms with van der Waals surface area (Å²) < 4.78 is 14.6. The summed E-state index contributed by atoms with van der Waals surface area (Å²) in [5.41, 5.74) is 3.34. The van der Waals surface area contributed by atoms with Crippen molar-refractivity contribution in [1.82, 2.24) is 45.1 Å². The molecular weight excluding hydrogens is 434 g/mol. The van der Waals surface area contributed by atoms with Crippen LogP contribution in [0.5, 0.6) is 5.88 Å². The first-order chi connectivity index (χ1) is 15.7. The Kier molecular flexibility index (Phi) is 5.30. The summed E-state index contributed by atoms with van der Waals surface area (Å²) in [4.78, 5) is 8.68. The van der Waals surface area contributed by atoms with E-state index in [-0.39, 0.29) is 6.61 Å². The van der Waals surface area contributed by atoms with E-state index in [9.17, 15) is 0 Å². The van der Waals surface area contributed by atoms with Gasteiger partial charge in [-0.1, -0.05) is 41.0 Å². The first-order valence-corrected chi connectivity index (χ1v) is 9.93. The Morgan fingerprint density at radius 3 is 2.72 bits per heavy atom. The Hall–Kier alpha value is -4.12. The fraction of sp³-hybridized carbons (Fsp3) is 0.150. The molecule has 0 amide bonds. The SMILES string of the molecule is Cn1ncc(-c2nc(-c3ccc(Cn4cnnn4)cc3)no2)c1COc1ccc(Cl)cn1. The molecule has 0 saturated carbocycles. The lowest BCUT2D eigenvalue weighted by molar-refractivity contribution is 0.283. The summed E-state index contributed by atoms with van der Waals surface area (Å²) >= 11 is 5.87. The van der Waals surface area contributed by atoms with Gasteiger partial charge in [0.05, 0.1) is 29.0 Å². The quantitative estimate of drug-likeness (QED) is 0.369. The van der Waals surface area contributed by atoms with Gasteiger partial charge in [0.1, 0.15) is 12.9 Å². The third kappa shape index (κ3) is 4.18. The molecule has 4 aromatic heterocycles. The molecule has 0 saturated heterocycles. The van der Waals surface area contributed by atoms with Gasteiger partial charge in [-0.15, -0.1) is 5.10 Å². The highest BCUT2D eigenvalue weighted by Crippen LogP contribution is 2.26. The van der Waals surface area contributed by atoms with Gasteiger partial charge in [-0.05, 0) is 22.1 Å². The monoisotopic (exact) mass is 449 g/mol. The molecule has 0 spiro atoms. The van der Waals surface area contributed by atoms with Crippen molar-refractivity contribution in [2.24, 2.45) is 7.05 Å². The molecule has 5 aromatic rings.